The predicted octanol–water partition coefficient (Wildman–Crippen LogP) is 8.82. The second kappa shape index (κ2) is 14.7. The van der Waals surface area contributed by atoms with E-state index in [1.807, 2.05) is 33.9 Å². The topological polar surface area (TPSA) is 54.0 Å². The highest BCUT2D eigenvalue weighted by Crippen LogP contribution is 2.42. The maximum Gasteiger partial charge on any atom is 0.417 e. The molecule has 0 saturated carbocycles. The molecule has 0 amide bonds. The molecule has 1 aromatic carbocycles. The van der Waals surface area contributed by atoms with Crippen LogP contribution in [0, 0.1) is 0 Å². The first kappa shape index (κ1) is 32.6. The van der Waals surface area contributed by atoms with Crippen molar-refractivity contribution in [1.29, 1.82) is 0 Å². The molecule has 3 atom stereocenters. The molecule has 1 fully saturated rings. The summed E-state index contributed by atoms with van der Waals surface area (Å²) in [7, 11) is -2.45. The minimum atomic E-state index is -4.63. The molecule has 0 spiro atoms. The maximum atomic E-state index is 13.8. The van der Waals surface area contributed by atoms with E-state index in [2.05, 4.69) is 6.92 Å². The van der Waals surface area contributed by atoms with Crippen LogP contribution in [-0.4, -0.2) is 45.6 Å². The monoisotopic (exact) mass is 560 g/mol. The molecular weight excluding hydrogens is 513 g/mol. The quantitative estimate of drug-likeness (QED) is 0.129. The van der Waals surface area contributed by atoms with Crippen molar-refractivity contribution in [3.63, 3.8) is 0 Å². The van der Waals surface area contributed by atoms with Crippen LogP contribution >= 0.6 is 0 Å². The van der Waals surface area contributed by atoms with Crippen LogP contribution < -0.4 is 4.74 Å². The van der Waals surface area contributed by atoms with Gasteiger partial charge in [-0.2, -0.15) is 13.2 Å². The molecule has 38 heavy (non-hydrogen) atoms. The summed E-state index contributed by atoms with van der Waals surface area (Å²) in [6.07, 6.45) is 0.773. The van der Waals surface area contributed by atoms with E-state index in [9.17, 15) is 18.0 Å². The molecule has 1 heterocycles. The highest BCUT2D eigenvalue weighted by atomic mass is 28.4. The summed E-state index contributed by atoms with van der Waals surface area (Å²) in [5, 5.41) is -0.240. The minimum absolute atomic E-state index is 0.0974. The second-order valence-electron chi connectivity index (χ2n) is 11.8. The average molecular weight is 561 g/mol. The van der Waals surface area contributed by atoms with Gasteiger partial charge in [-0.05, 0) is 55.2 Å². The number of rotatable bonds is 14. The highest BCUT2D eigenvalue weighted by molar-refractivity contribution is 6.74. The third kappa shape index (κ3) is 10.5. The van der Waals surface area contributed by atoms with Crippen molar-refractivity contribution in [1.82, 2.24) is 0 Å². The summed E-state index contributed by atoms with van der Waals surface area (Å²) < 4.78 is 63.8. The lowest BCUT2D eigenvalue weighted by Crippen LogP contribution is -2.55. The molecule has 0 aromatic heterocycles. The van der Waals surface area contributed by atoms with Crippen LogP contribution in [0.15, 0.2) is 24.3 Å². The van der Waals surface area contributed by atoms with Crippen molar-refractivity contribution < 1.29 is 36.6 Å². The Balaban J connectivity index is 1.82. The Morgan fingerprint density at radius 3 is 2.08 bits per heavy atom. The number of carbonyl (C=O) groups is 1. The van der Waals surface area contributed by atoms with Crippen LogP contribution in [0.25, 0.3) is 0 Å². The van der Waals surface area contributed by atoms with Gasteiger partial charge in [0.25, 0.3) is 0 Å². The number of benzene rings is 1. The number of carbonyl (C=O) groups excluding carboxylic acids is 1. The van der Waals surface area contributed by atoms with E-state index in [0.717, 1.165) is 12.8 Å². The van der Waals surface area contributed by atoms with E-state index in [1.54, 1.807) is 24.3 Å². The van der Waals surface area contributed by atoms with Crippen LogP contribution in [0.2, 0.25) is 18.1 Å². The lowest BCUT2D eigenvalue weighted by molar-refractivity contribution is -0.300. The number of alkyl halides is 3. The summed E-state index contributed by atoms with van der Waals surface area (Å²) in [6, 6.07) is 6.45. The first-order valence-electron chi connectivity index (χ1n) is 14.1. The molecule has 1 saturated heterocycles. The zero-order chi connectivity index (χ0) is 28.4. The molecule has 0 bridgehead atoms. The number of esters is 1. The Kier molecular flexibility index (Phi) is 12.6. The Labute approximate surface area is 227 Å². The fraction of sp³-hybridized carbons (Fsp3) is 0.759. The molecule has 9 heteroatoms. The second-order valence-corrected chi connectivity index (χ2v) is 16.5. The molecule has 0 aliphatic carbocycles. The van der Waals surface area contributed by atoms with Crippen LogP contribution in [0.3, 0.4) is 0 Å². The Morgan fingerprint density at radius 2 is 1.53 bits per heavy atom. The Morgan fingerprint density at radius 1 is 0.947 bits per heavy atom. The Hall–Kier alpha value is -1.58. The van der Waals surface area contributed by atoms with Crippen LogP contribution in [0.4, 0.5) is 13.2 Å². The van der Waals surface area contributed by atoms with Crippen molar-refractivity contribution >= 4 is 14.3 Å². The lowest BCUT2D eigenvalue weighted by Gasteiger charge is -2.44. The largest absolute Gasteiger partial charge is 0.494 e. The van der Waals surface area contributed by atoms with Gasteiger partial charge in [-0.15, -0.1) is 0 Å². The van der Waals surface area contributed by atoms with Gasteiger partial charge in [-0.3, -0.25) is 0 Å². The van der Waals surface area contributed by atoms with Crippen LogP contribution in [-0.2, 0) is 13.9 Å². The van der Waals surface area contributed by atoms with Gasteiger partial charge < -0.3 is 18.6 Å². The van der Waals surface area contributed by atoms with Gasteiger partial charge in [0.2, 0.25) is 6.29 Å². The smallest absolute Gasteiger partial charge is 0.417 e. The number of hydrogen-bond acceptors (Lipinski definition) is 5. The summed E-state index contributed by atoms with van der Waals surface area (Å²) in [5.41, 5.74) is 0.233. The molecule has 0 unspecified atom stereocenters. The normalized spacial score (nSPS) is 20.8. The van der Waals surface area contributed by atoms with E-state index >= 15 is 0 Å². The summed E-state index contributed by atoms with van der Waals surface area (Å²) >= 11 is 0. The third-order valence-corrected chi connectivity index (χ3v) is 12.0. The van der Waals surface area contributed by atoms with E-state index in [4.69, 9.17) is 18.6 Å². The molecular formula is C29H47F3O5Si. The summed E-state index contributed by atoms with van der Waals surface area (Å²) in [6.45, 7) is 12.6. The molecule has 0 N–H and O–H groups in total. The van der Waals surface area contributed by atoms with Gasteiger partial charge in [-0.1, -0.05) is 72.6 Å². The van der Waals surface area contributed by atoms with E-state index in [1.165, 1.54) is 38.5 Å². The third-order valence-electron chi connectivity index (χ3n) is 7.49. The number of ether oxygens (including phenoxy) is 3. The Bertz CT molecular complexity index is 836. The maximum absolute atomic E-state index is 13.8. The minimum Gasteiger partial charge on any atom is -0.494 e. The lowest BCUT2D eigenvalue weighted by atomic mass is 10.0. The van der Waals surface area contributed by atoms with Crippen molar-refractivity contribution in [3.05, 3.63) is 29.8 Å². The molecule has 2 rings (SSSR count). The van der Waals surface area contributed by atoms with Gasteiger partial charge in [-0.25, -0.2) is 4.79 Å². The SMILES string of the molecule is CCCCCCCCCCOc1ccc(C(=O)O[C@@H]2CC[C@@H](O[Si](C)(C)C(C)(C)C)[C@H](C(F)(F)F)O2)cc1. The van der Waals surface area contributed by atoms with Gasteiger partial charge in [0.1, 0.15) is 5.75 Å². The van der Waals surface area contributed by atoms with Gasteiger partial charge in [0.05, 0.1) is 18.3 Å². The molecule has 5 nitrogen and oxygen atoms in total. The van der Waals surface area contributed by atoms with E-state index in [0.29, 0.717) is 12.4 Å². The molecule has 218 valence electrons. The van der Waals surface area contributed by atoms with Crippen LogP contribution in [0.1, 0.15) is 102 Å². The van der Waals surface area contributed by atoms with E-state index < -0.39 is 39.0 Å². The fourth-order valence-corrected chi connectivity index (χ4v) is 5.47. The summed E-state index contributed by atoms with van der Waals surface area (Å²) in [5.74, 6) is -0.0875. The standard InChI is InChI=1S/C29H47F3O5Si/c1-7-8-9-10-11-12-13-14-21-34-23-17-15-22(16-18-23)27(33)36-25-20-19-24(26(35-25)29(30,31)32)37-38(5,6)28(2,3)4/h15-18,24-26H,7-14,19-21H2,1-6H3/t24-,25-,26-/m1/s1. The number of unbranched alkanes of at least 4 members (excludes halogenated alkanes) is 7. The molecule has 0 radical (unpaired) electrons. The number of hydrogen-bond donors (Lipinski definition) is 0. The zero-order valence-electron chi connectivity index (χ0n) is 24.0. The van der Waals surface area contributed by atoms with Crippen molar-refractivity contribution in [2.24, 2.45) is 0 Å². The summed E-state index contributed by atoms with van der Waals surface area (Å²) in [4.78, 5) is 12.6. The van der Waals surface area contributed by atoms with Crippen molar-refractivity contribution in [2.75, 3.05) is 6.61 Å². The van der Waals surface area contributed by atoms with Gasteiger partial charge >= 0.3 is 12.1 Å². The fourth-order valence-electron chi connectivity index (χ4n) is 4.12. The van der Waals surface area contributed by atoms with Crippen molar-refractivity contribution in [2.45, 2.75) is 135 Å². The average Bonchev–Trinajstić information content (AvgIpc) is 2.82. The first-order valence-corrected chi connectivity index (χ1v) is 17.0. The zero-order valence-corrected chi connectivity index (χ0v) is 25.0. The molecule has 1 aliphatic rings. The molecule has 1 aliphatic heterocycles. The predicted molar refractivity (Wildman–Crippen MR) is 146 cm³/mol. The van der Waals surface area contributed by atoms with Gasteiger partial charge in [0, 0.05) is 6.42 Å². The highest BCUT2D eigenvalue weighted by Gasteiger charge is 2.53. The van der Waals surface area contributed by atoms with Gasteiger partial charge in [0.15, 0.2) is 14.4 Å². The van der Waals surface area contributed by atoms with Crippen molar-refractivity contribution in [3.8, 4) is 5.75 Å². The van der Waals surface area contributed by atoms with E-state index in [-0.39, 0.29) is 23.4 Å². The molecule has 1 aromatic rings. The first-order chi connectivity index (χ1) is 17.7. The number of halogens is 3. The van der Waals surface area contributed by atoms with Crippen LogP contribution in [0.5, 0.6) is 5.75 Å².